The topological polar surface area (TPSA) is 64.7 Å². The molecule has 15 heavy (non-hydrogen) atoms. The highest BCUT2D eigenvalue weighted by molar-refractivity contribution is 6.68. The van der Waals surface area contributed by atoms with Crippen LogP contribution in [-0.4, -0.2) is 24.1 Å². The minimum atomic E-state index is -0.596. The van der Waals surface area contributed by atoms with Crippen molar-refractivity contribution in [3.05, 3.63) is 22.3 Å². The van der Waals surface area contributed by atoms with Crippen molar-refractivity contribution in [2.24, 2.45) is 10.9 Å². The van der Waals surface area contributed by atoms with Crippen LogP contribution in [0.1, 0.15) is 6.92 Å². The number of halogens is 2. The first-order chi connectivity index (χ1) is 6.99. The van der Waals surface area contributed by atoms with Crippen LogP contribution in [0.4, 0.5) is 0 Å². The zero-order chi connectivity index (χ0) is 11.6. The average Bonchev–Trinajstić information content (AvgIpc) is 2.18. The molecule has 0 aromatic heterocycles. The van der Waals surface area contributed by atoms with Crippen molar-refractivity contribution < 1.29 is 9.63 Å². The maximum atomic E-state index is 11.1. The standard InChI is InChI=1S/C9H10Cl2N2O2/c1-4-5(9(11)14)3-6(13-15-2)8(12)7(4)10/h3,8H,12H2,1-2H3. The molecule has 4 nitrogen and oxygen atoms in total. The Morgan fingerprint density at radius 2 is 2.27 bits per heavy atom. The van der Waals surface area contributed by atoms with Crippen molar-refractivity contribution in [3.8, 4) is 0 Å². The lowest BCUT2D eigenvalue weighted by Gasteiger charge is -2.19. The number of carbonyl (C=O) groups is 1. The fourth-order valence-corrected chi connectivity index (χ4v) is 1.64. The number of nitrogens with two attached hydrogens (primary N) is 1. The lowest BCUT2D eigenvalue weighted by Crippen LogP contribution is -2.34. The van der Waals surface area contributed by atoms with Crippen LogP contribution >= 0.6 is 23.2 Å². The van der Waals surface area contributed by atoms with Crippen LogP contribution < -0.4 is 5.73 Å². The van der Waals surface area contributed by atoms with E-state index in [1.165, 1.54) is 13.2 Å². The molecule has 82 valence electrons. The minimum Gasteiger partial charge on any atom is -0.399 e. The lowest BCUT2D eigenvalue weighted by molar-refractivity contribution is -0.108. The summed E-state index contributed by atoms with van der Waals surface area (Å²) in [6.45, 7) is 1.68. The molecule has 0 bridgehead atoms. The molecule has 0 heterocycles. The van der Waals surface area contributed by atoms with E-state index >= 15 is 0 Å². The van der Waals surface area contributed by atoms with Crippen molar-refractivity contribution in [2.75, 3.05) is 7.11 Å². The second-order valence-corrected chi connectivity index (χ2v) is 3.73. The second kappa shape index (κ2) is 4.79. The molecule has 0 aliphatic heterocycles. The highest BCUT2D eigenvalue weighted by Gasteiger charge is 2.26. The lowest BCUT2D eigenvalue weighted by atomic mass is 9.95. The Hall–Kier alpha value is -0.840. The van der Waals surface area contributed by atoms with Crippen molar-refractivity contribution in [1.29, 1.82) is 0 Å². The molecule has 0 amide bonds. The van der Waals surface area contributed by atoms with Gasteiger partial charge in [0.05, 0.1) is 6.04 Å². The first-order valence-corrected chi connectivity index (χ1v) is 4.89. The summed E-state index contributed by atoms with van der Waals surface area (Å²) < 4.78 is 0. The van der Waals surface area contributed by atoms with Crippen molar-refractivity contribution in [3.63, 3.8) is 0 Å². The van der Waals surface area contributed by atoms with Gasteiger partial charge in [0, 0.05) is 10.6 Å². The third-order valence-electron chi connectivity index (χ3n) is 2.05. The SMILES string of the molecule is CON=C1C=C(C(=O)Cl)C(C)=C(Cl)C1N. The molecule has 0 aromatic rings. The van der Waals surface area contributed by atoms with Crippen LogP contribution in [-0.2, 0) is 9.63 Å². The number of hydrogen-bond acceptors (Lipinski definition) is 4. The minimum absolute atomic E-state index is 0.291. The summed E-state index contributed by atoms with van der Waals surface area (Å²) in [5, 5.41) is 3.42. The fraction of sp³-hybridized carbons (Fsp3) is 0.333. The highest BCUT2D eigenvalue weighted by Crippen LogP contribution is 2.27. The molecule has 0 aromatic carbocycles. The third kappa shape index (κ3) is 2.40. The van der Waals surface area contributed by atoms with E-state index < -0.39 is 11.3 Å². The molecule has 1 aliphatic carbocycles. The van der Waals surface area contributed by atoms with E-state index in [9.17, 15) is 4.79 Å². The highest BCUT2D eigenvalue weighted by atomic mass is 35.5. The van der Waals surface area contributed by atoms with Gasteiger partial charge in [-0.15, -0.1) is 0 Å². The maximum Gasteiger partial charge on any atom is 0.252 e. The van der Waals surface area contributed by atoms with Gasteiger partial charge >= 0.3 is 0 Å². The van der Waals surface area contributed by atoms with Crippen molar-refractivity contribution in [1.82, 2.24) is 0 Å². The molecule has 1 aliphatic rings. The summed E-state index contributed by atoms with van der Waals surface area (Å²) >= 11 is 11.3. The summed E-state index contributed by atoms with van der Waals surface area (Å²) in [5.41, 5.74) is 6.99. The Morgan fingerprint density at radius 3 is 2.73 bits per heavy atom. The molecule has 0 spiro atoms. The number of hydrogen-bond donors (Lipinski definition) is 1. The first-order valence-electron chi connectivity index (χ1n) is 4.13. The number of allylic oxidation sites excluding steroid dienone is 2. The summed E-state index contributed by atoms with van der Waals surface area (Å²) in [6, 6.07) is -0.577. The van der Waals surface area contributed by atoms with E-state index in [1.54, 1.807) is 6.92 Å². The zero-order valence-electron chi connectivity index (χ0n) is 8.25. The number of oxime groups is 1. The molecule has 0 saturated heterocycles. The van der Waals surface area contributed by atoms with E-state index in [-0.39, 0.29) is 0 Å². The molecule has 2 N–H and O–H groups in total. The van der Waals surface area contributed by atoms with Gasteiger partial charge in [-0.2, -0.15) is 0 Å². The van der Waals surface area contributed by atoms with Gasteiger partial charge in [0.2, 0.25) is 0 Å². The molecular formula is C9H10Cl2N2O2. The van der Waals surface area contributed by atoms with Crippen LogP contribution in [0, 0.1) is 0 Å². The summed E-state index contributed by atoms with van der Waals surface area (Å²) in [5.74, 6) is 0. The maximum absolute atomic E-state index is 11.1. The van der Waals surface area contributed by atoms with E-state index in [2.05, 4.69) is 9.99 Å². The molecule has 1 atom stereocenters. The van der Waals surface area contributed by atoms with Gasteiger partial charge in [0.1, 0.15) is 12.8 Å². The molecule has 0 saturated carbocycles. The number of nitrogens with zero attached hydrogens (tertiary/aromatic N) is 1. The van der Waals surface area contributed by atoms with Gasteiger partial charge in [-0.05, 0) is 30.2 Å². The van der Waals surface area contributed by atoms with Crippen molar-refractivity contribution >= 4 is 34.2 Å². The van der Waals surface area contributed by atoms with E-state index in [4.69, 9.17) is 28.9 Å². The summed E-state index contributed by atoms with van der Waals surface area (Å²) in [4.78, 5) is 15.7. The smallest absolute Gasteiger partial charge is 0.252 e. The summed E-state index contributed by atoms with van der Waals surface area (Å²) in [7, 11) is 1.38. The van der Waals surface area contributed by atoms with Crippen molar-refractivity contribution in [2.45, 2.75) is 13.0 Å². The largest absolute Gasteiger partial charge is 0.399 e. The Labute approximate surface area is 97.3 Å². The predicted molar refractivity (Wildman–Crippen MR) is 59.9 cm³/mol. The van der Waals surface area contributed by atoms with Gasteiger partial charge in [-0.25, -0.2) is 0 Å². The van der Waals surface area contributed by atoms with Crippen LogP contribution in [0.25, 0.3) is 0 Å². The van der Waals surface area contributed by atoms with Crippen LogP contribution in [0.3, 0.4) is 0 Å². The van der Waals surface area contributed by atoms with Crippen LogP contribution in [0.2, 0.25) is 0 Å². The molecule has 0 fully saturated rings. The Kier molecular flexibility index (Phi) is 3.90. The monoisotopic (exact) mass is 248 g/mol. The van der Waals surface area contributed by atoms with Gasteiger partial charge in [-0.3, -0.25) is 4.79 Å². The Morgan fingerprint density at radius 1 is 1.67 bits per heavy atom. The third-order valence-corrected chi connectivity index (χ3v) is 2.78. The van der Waals surface area contributed by atoms with E-state index in [1.807, 2.05) is 0 Å². The first kappa shape index (κ1) is 12.2. The molecule has 0 radical (unpaired) electrons. The van der Waals surface area contributed by atoms with Crippen LogP contribution in [0.5, 0.6) is 0 Å². The zero-order valence-corrected chi connectivity index (χ0v) is 9.76. The van der Waals surface area contributed by atoms with Gasteiger partial charge in [0.15, 0.2) is 0 Å². The molecule has 1 unspecified atom stereocenters. The fourth-order valence-electron chi connectivity index (χ4n) is 1.23. The normalized spacial score (nSPS) is 24.2. The molecular weight excluding hydrogens is 239 g/mol. The quantitative estimate of drug-likeness (QED) is 0.596. The average molecular weight is 249 g/mol. The Bertz CT molecular complexity index is 386. The Balaban J connectivity index is 3.23. The molecule has 1 rings (SSSR count). The summed E-state index contributed by atoms with van der Waals surface area (Å²) in [6.07, 6.45) is 1.48. The van der Waals surface area contributed by atoms with Gasteiger partial charge in [-0.1, -0.05) is 16.8 Å². The van der Waals surface area contributed by atoms with E-state index in [0.29, 0.717) is 21.9 Å². The number of carbonyl (C=O) groups excluding carboxylic acids is 1. The second-order valence-electron chi connectivity index (χ2n) is 2.98. The van der Waals surface area contributed by atoms with Gasteiger partial charge in [0.25, 0.3) is 5.24 Å². The number of rotatable bonds is 2. The van der Waals surface area contributed by atoms with Crippen LogP contribution in [0.15, 0.2) is 27.4 Å². The predicted octanol–water partition coefficient (Wildman–Crippen LogP) is 1.53. The molecule has 6 heteroatoms. The van der Waals surface area contributed by atoms with Gasteiger partial charge < -0.3 is 10.6 Å². The van der Waals surface area contributed by atoms with E-state index in [0.717, 1.165) is 0 Å².